The van der Waals surface area contributed by atoms with Crippen molar-refractivity contribution >= 4 is 29.0 Å². The van der Waals surface area contributed by atoms with Crippen molar-refractivity contribution in [2.75, 3.05) is 0 Å². The molecule has 2 heterocycles. The van der Waals surface area contributed by atoms with Crippen LogP contribution in [0.5, 0.6) is 0 Å². The molecule has 0 aliphatic heterocycles. The molecule has 0 radical (unpaired) electrons. The fourth-order valence-electron chi connectivity index (χ4n) is 4.03. The van der Waals surface area contributed by atoms with E-state index < -0.39 is 24.0 Å². The predicted molar refractivity (Wildman–Crippen MR) is 132 cm³/mol. The molecule has 4 atom stereocenters. The van der Waals surface area contributed by atoms with Crippen molar-refractivity contribution in [3.63, 3.8) is 0 Å². The molecule has 5 nitrogen and oxygen atoms in total. The van der Waals surface area contributed by atoms with E-state index in [1.165, 1.54) is 12.4 Å². The summed E-state index contributed by atoms with van der Waals surface area (Å²) in [4.78, 5) is 22.3. The number of aliphatic hydroxyl groups excluding tert-OH is 2. The van der Waals surface area contributed by atoms with E-state index in [2.05, 4.69) is 9.97 Å². The summed E-state index contributed by atoms with van der Waals surface area (Å²) in [6.07, 6.45) is 0.489. The van der Waals surface area contributed by atoms with Crippen LogP contribution in [-0.4, -0.2) is 26.0 Å². The molecule has 2 aromatic heterocycles. The summed E-state index contributed by atoms with van der Waals surface area (Å²) < 4.78 is 0. The van der Waals surface area contributed by atoms with Gasteiger partial charge in [0.2, 0.25) is 0 Å². The number of aromatic nitrogens is 2. The highest BCUT2D eigenvalue weighted by atomic mass is 35.5. The van der Waals surface area contributed by atoms with E-state index >= 15 is 0 Å². The van der Waals surface area contributed by atoms with Gasteiger partial charge in [-0.15, -0.1) is 0 Å². The second kappa shape index (κ2) is 10.9. The molecule has 0 fully saturated rings. The van der Waals surface area contributed by atoms with Crippen LogP contribution in [0.4, 0.5) is 0 Å². The summed E-state index contributed by atoms with van der Waals surface area (Å²) in [6, 6.07) is 24.4. The normalized spacial score (nSPS) is 14.7. The van der Waals surface area contributed by atoms with Gasteiger partial charge in [-0.3, -0.25) is 4.79 Å². The third kappa shape index (κ3) is 5.34. The van der Waals surface area contributed by atoms with Crippen molar-refractivity contribution in [3.8, 4) is 0 Å². The van der Waals surface area contributed by atoms with Gasteiger partial charge in [-0.25, -0.2) is 9.97 Å². The molecule has 0 bridgehead atoms. The molecule has 0 aliphatic carbocycles. The Balaban J connectivity index is 1.81. The lowest BCUT2D eigenvalue weighted by Crippen LogP contribution is -2.29. The van der Waals surface area contributed by atoms with Gasteiger partial charge in [0.05, 0.1) is 24.0 Å². The van der Waals surface area contributed by atoms with Gasteiger partial charge in [0.25, 0.3) is 0 Å². The predicted octanol–water partition coefficient (Wildman–Crippen LogP) is 5.69. The van der Waals surface area contributed by atoms with Crippen molar-refractivity contribution in [3.05, 3.63) is 130 Å². The molecule has 0 saturated heterocycles. The monoisotopic (exact) mass is 492 g/mol. The van der Waals surface area contributed by atoms with Crippen LogP contribution in [0.1, 0.15) is 46.3 Å². The Bertz CT molecular complexity index is 1120. The maximum atomic E-state index is 14.2. The first kappa shape index (κ1) is 24.0. The Hall–Kier alpha value is -3.09. The first-order valence-corrected chi connectivity index (χ1v) is 11.4. The van der Waals surface area contributed by atoms with Crippen molar-refractivity contribution in [1.82, 2.24) is 9.97 Å². The number of carbonyl (C=O) groups is 1. The van der Waals surface area contributed by atoms with E-state index in [1.54, 1.807) is 72.8 Å². The van der Waals surface area contributed by atoms with Crippen molar-refractivity contribution in [1.29, 1.82) is 0 Å². The van der Waals surface area contributed by atoms with E-state index in [0.29, 0.717) is 22.3 Å². The quantitative estimate of drug-likeness (QED) is 0.308. The molecular weight excluding hydrogens is 471 g/mol. The van der Waals surface area contributed by atoms with E-state index in [4.69, 9.17) is 23.2 Å². The lowest BCUT2D eigenvalue weighted by atomic mass is 9.76. The van der Waals surface area contributed by atoms with Gasteiger partial charge in [-0.1, -0.05) is 96.0 Å². The molecule has 0 aliphatic rings. The zero-order valence-electron chi connectivity index (χ0n) is 18.0. The molecule has 0 spiro atoms. The van der Waals surface area contributed by atoms with E-state index in [9.17, 15) is 15.0 Å². The van der Waals surface area contributed by atoms with Crippen LogP contribution >= 0.6 is 23.2 Å². The lowest BCUT2D eigenvalue weighted by Gasteiger charge is -2.30. The number of pyridine rings is 2. The average Bonchev–Trinajstić information content (AvgIpc) is 2.86. The van der Waals surface area contributed by atoms with Gasteiger partial charge < -0.3 is 10.2 Å². The third-order valence-electron chi connectivity index (χ3n) is 5.75. The zero-order chi connectivity index (χ0) is 24.1. The Labute approximate surface area is 207 Å². The summed E-state index contributed by atoms with van der Waals surface area (Å²) in [7, 11) is 0. The lowest BCUT2D eigenvalue weighted by molar-refractivity contribution is -0.127. The molecule has 2 N–H and O–H groups in total. The van der Waals surface area contributed by atoms with E-state index in [-0.39, 0.29) is 16.1 Å². The number of halogens is 2. The zero-order valence-corrected chi connectivity index (χ0v) is 19.5. The second-order valence-corrected chi connectivity index (χ2v) is 8.67. The Morgan fingerprint density at radius 1 is 0.588 bits per heavy atom. The number of Topliss-reactive ketones (excluding diaryl/α,β-unsaturated/α-hetero) is 1. The first-order chi connectivity index (χ1) is 16.5. The number of carbonyl (C=O) groups excluding carboxylic acids is 1. The topological polar surface area (TPSA) is 83.3 Å². The van der Waals surface area contributed by atoms with Crippen molar-refractivity contribution < 1.29 is 15.0 Å². The summed E-state index contributed by atoms with van der Waals surface area (Å²) in [5.74, 6) is -2.28. The average molecular weight is 493 g/mol. The highest BCUT2D eigenvalue weighted by Crippen LogP contribution is 2.41. The maximum absolute atomic E-state index is 14.2. The molecule has 0 saturated carbocycles. The molecule has 4 unspecified atom stereocenters. The third-order valence-corrected chi connectivity index (χ3v) is 6.19. The Kier molecular flexibility index (Phi) is 7.70. The number of benzene rings is 2. The van der Waals surface area contributed by atoms with Crippen LogP contribution in [0.25, 0.3) is 0 Å². The maximum Gasteiger partial charge on any atom is 0.153 e. The number of nitrogens with zero attached hydrogens (tertiary/aromatic N) is 2. The summed E-state index contributed by atoms with van der Waals surface area (Å²) in [5.41, 5.74) is 2.14. The standard InChI is InChI=1S/C27H22Cl2N2O3/c28-21-13-11-19(15-30-21)25(32)23(17-7-3-1-4-8-17)27(34)24(18-9-5-2-6-10-18)26(33)20-12-14-22(29)31-16-20/h1-16,23-26,32-33H. The minimum absolute atomic E-state index is 0.284. The molecule has 4 rings (SSSR count). The van der Waals surface area contributed by atoms with Crippen LogP contribution < -0.4 is 0 Å². The van der Waals surface area contributed by atoms with Gasteiger partial charge in [0.1, 0.15) is 10.3 Å². The smallest absolute Gasteiger partial charge is 0.153 e. The number of aliphatic hydroxyl groups is 2. The molecule has 0 amide bonds. The van der Waals surface area contributed by atoms with Gasteiger partial charge in [-0.05, 0) is 34.4 Å². The number of hydrogen-bond donors (Lipinski definition) is 2. The van der Waals surface area contributed by atoms with Crippen LogP contribution in [0, 0.1) is 0 Å². The molecule has 7 heteroatoms. The number of hydrogen-bond acceptors (Lipinski definition) is 5. The highest BCUT2D eigenvalue weighted by molar-refractivity contribution is 6.29. The van der Waals surface area contributed by atoms with Crippen LogP contribution in [0.15, 0.2) is 97.3 Å². The Morgan fingerprint density at radius 2 is 0.971 bits per heavy atom. The highest BCUT2D eigenvalue weighted by Gasteiger charge is 2.39. The molecular formula is C27H22Cl2N2O3. The largest absolute Gasteiger partial charge is 0.387 e. The van der Waals surface area contributed by atoms with Crippen molar-refractivity contribution in [2.24, 2.45) is 0 Å². The van der Waals surface area contributed by atoms with Crippen LogP contribution in [0.2, 0.25) is 10.3 Å². The summed E-state index contributed by atoms with van der Waals surface area (Å²) >= 11 is 11.8. The molecule has 172 valence electrons. The van der Waals surface area contributed by atoms with E-state index in [0.717, 1.165) is 0 Å². The van der Waals surface area contributed by atoms with Gasteiger partial charge in [0, 0.05) is 12.4 Å². The molecule has 4 aromatic rings. The molecule has 2 aromatic carbocycles. The SMILES string of the molecule is O=C(C(c1ccccc1)C(O)c1ccc(Cl)nc1)C(c1ccccc1)C(O)c1ccc(Cl)nc1. The molecule has 34 heavy (non-hydrogen) atoms. The fraction of sp³-hybridized carbons (Fsp3) is 0.148. The number of rotatable bonds is 8. The summed E-state index contributed by atoms with van der Waals surface area (Å²) in [5, 5.41) is 23.3. The van der Waals surface area contributed by atoms with Gasteiger partial charge >= 0.3 is 0 Å². The minimum Gasteiger partial charge on any atom is -0.387 e. The van der Waals surface area contributed by atoms with Gasteiger partial charge in [-0.2, -0.15) is 0 Å². The Morgan fingerprint density at radius 3 is 1.29 bits per heavy atom. The van der Waals surface area contributed by atoms with Crippen LogP contribution in [0.3, 0.4) is 0 Å². The first-order valence-electron chi connectivity index (χ1n) is 10.7. The number of ketones is 1. The van der Waals surface area contributed by atoms with Crippen molar-refractivity contribution in [2.45, 2.75) is 24.0 Å². The van der Waals surface area contributed by atoms with Crippen LogP contribution in [-0.2, 0) is 4.79 Å². The summed E-state index contributed by atoms with van der Waals surface area (Å²) in [6.45, 7) is 0. The minimum atomic E-state index is -1.21. The van der Waals surface area contributed by atoms with Gasteiger partial charge in [0.15, 0.2) is 5.78 Å². The van der Waals surface area contributed by atoms with E-state index in [1.807, 2.05) is 12.1 Å². The second-order valence-electron chi connectivity index (χ2n) is 7.90. The fourth-order valence-corrected chi connectivity index (χ4v) is 4.25.